The molecule has 0 aliphatic heterocycles. The second kappa shape index (κ2) is 5.49. The number of benzene rings is 2. The third-order valence-corrected chi connectivity index (χ3v) is 4.61. The van der Waals surface area contributed by atoms with Crippen LogP contribution in [0.4, 0.5) is 4.39 Å². The third-order valence-electron chi connectivity index (χ3n) is 4.61. The van der Waals surface area contributed by atoms with Crippen LogP contribution in [0.1, 0.15) is 36.5 Å². The minimum Gasteiger partial charge on any atom is -0.494 e. The smallest absolute Gasteiger partial charge is 0.165 e. The molecule has 0 radical (unpaired) electrons. The Morgan fingerprint density at radius 2 is 1.86 bits per heavy atom. The zero-order chi connectivity index (χ0) is 14.9. The zero-order valence-electron chi connectivity index (χ0n) is 12.1. The van der Waals surface area contributed by atoms with Gasteiger partial charge >= 0.3 is 0 Å². The van der Waals surface area contributed by atoms with E-state index in [0.29, 0.717) is 5.56 Å². The Labute approximate surface area is 124 Å². The standard InChI is InChI=1S/C18H19FO2/c1-21-16-9-8-13(12-15(16)19)17(20)18(10-5-11-18)14-6-3-2-4-7-14/h2-4,6-9,12,17,20H,5,10-11H2,1H3. The maximum absolute atomic E-state index is 13.9. The SMILES string of the molecule is COc1ccc(C(O)C2(c3ccccc3)CCC2)cc1F. The molecule has 1 aliphatic carbocycles. The minimum atomic E-state index is -0.700. The highest BCUT2D eigenvalue weighted by atomic mass is 19.1. The number of rotatable bonds is 4. The number of aliphatic hydroxyl groups excluding tert-OH is 1. The maximum Gasteiger partial charge on any atom is 0.165 e. The van der Waals surface area contributed by atoms with E-state index in [0.717, 1.165) is 24.8 Å². The van der Waals surface area contributed by atoms with E-state index in [9.17, 15) is 9.50 Å². The molecule has 2 nitrogen and oxygen atoms in total. The fourth-order valence-electron chi connectivity index (χ4n) is 3.22. The molecule has 1 unspecified atom stereocenters. The van der Waals surface area contributed by atoms with Gasteiger partial charge in [-0.1, -0.05) is 42.8 Å². The third kappa shape index (κ3) is 2.32. The summed E-state index contributed by atoms with van der Waals surface area (Å²) in [5.74, 6) is -0.232. The molecule has 1 N–H and O–H groups in total. The molecule has 0 bridgehead atoms. The molecule has 110 valence electrons. The molecule has 2 aromatic carbocycles. The van der Waals surface area contributed by atoms with Crippen LogP contribution in [0.2, 0.25) is 0 Å². The second-order valence-electron chi connectivity index (χ2n) is 5.67. The number of ether oxygens (including phenoxy) is 1. The number of halogens is 1. The average Bonchev–Trinajstić information content (AvgIpc) is 2.47. The van der Waals surface area contributed by atoms with Crippen molar-refractivity contribution in [2.45, 2.75) is 30.8 Å². The molecular formula is C18H19FO2. The summed E-state index contributed by atoms with van der Waals surface area (Å²) < 4.78 is 18.8. The van der Waals surface area contributed by atoms with Crippen LogP contribution >= 0.6 is 0 Å². The van der Waals surface area contributed by atoms with Crippen molar-refractivity contribution in [2.24, 2.45) is 0 Å². The van der Waals surface area contributed by atoms with Gasteiger partial charge in [0.2, 0.25) is 0 Å². The van der Waals surface area contributed by atoms with Gasteiger partial charge < -0.3 is 9.84 Å². The highest BCUT2D eigenvalue weighted by Gasteiger charge is 2.45. The highest BCUT2D eigenvalue weighted by Crippen LogP contribution is 2.52. The molecule has 1 fully saturated rings. The predicted molar refractivity (Wildman–Crippen MR) is 79.9 cm³/mol. The van der Waals surface area contributed by atoms with E-state index in [-0.39, 0.29) is 11.2 Å². The van der Waals surface area contributed by atoms with Crippen LogP contribution in [-0.4, -0.2) is 12.2 Å². The van der Waals surface area contributed by atoms with Gasteiger partial charge in [0.25, 0.3) is 0 Å². The lowest BCUT2D eigenvalue weighted by atomic mass is 9.60. The molecule has 0 heterocycles. The first-order chi connectivity index (χ1) is 10.2. The Morgan fingerprint density at radius 1 is 1.14 bits per heavy atom. The van der Waals surface area contributed by atoms with E-state index in [1.54, 1.807) is 12.1 Å². The first-order valence-electron chi connectivity index (χ1n) is 7.24. The van der Waals surface area contributed by atoms with Crippen molar-refractivity contribution in [1.29, 1.82) is 0 Å². The van der Waals surface area contributed by atoms with Gasteiger partial charge in [-0.3, -0.25) is 0 Å². The molecule has 0 aromatic heterocycles. The summed E-state index contributed by atoms with van der Waals surface area (Å²) in [5, 5.41) is 10.8. The van der Waals surface area contributed by atoms with Crippen molar-refractivity contribution in [3.63, 3.8) is 0 Å². The molecule has 1 saturated carbocycles. The summed E-state index contributed by atoms with van der Waals surface area (Å²) in [7, 11) is 1.44. The molecular weight excluding hydrogens is 267 g/mol. The number of methoxy groups -OCH3 is 1. The van der Waals surface area contributed by atoms with E-state index >= 15 is 0 Å². The Balaban J connectivity index is 1.96. The Morgan fingerprint density at radius 3 is 2.38 bits per heavy atom. The topological polar surface area (TPSA) is 29.5 Å². The summed E-state index contributed by atoms with van der Waals surface area (Å²) >= 11 is 0. The molecule has 0 amide bonds. The van der Waals surface area contributed by atoms with Gasteiger partial charge in [0.05, 0.1) is 13.2 Å². The van der Waals surface area contributed by atoms with Crippen LogP contribution in [0, 0.1) is 5.82 Å². The lowest BCUT2D eigenvalue weighted by Crippen LogP contribution is -2.40. The van der Waals surface area contributed by atoms with Crippen molar-refractivity contribution < 1.29 is 14.2 Å². The molecule has 1 atom stereocenters. The van der Waals surface area contributed by atoms with Crippen LogP contribution in [0.25, 0.3) is 0 Å². The van der Waals surface area contributed by atoms with Crippen LogP contribution in [0.5, 0.6) is 5.75 Å². The summed E-state index contributed by atoms with van der Waals surface area (Å²) in [6, 6.07) is 14.7. The number of aliphatic hydroxyl groups is 1. The van der Waals surface area contributed by atoms with Gasteiger partial charge in [0, 0.05) is 5.41 Å². The predicted octanol–water partition coefficient (Wildman–Crippen LogP) is 3.99. The van der Waals surface area contributed by atoms with Crippen molar-refractivity contribution in [1.82, 2.24) is 0 Å². The fraction of sp³-hybridized carbons (Fsp3) is 0.333. The fourth-order valence-corrected chi connectivity index (χ4v) is 3.22. The van der Waals surface area contributed by atoms with Crippen molar-refractivity contribution in [2.75, 3.05) is 7.11 Å². The summed E-state index contributed by atoms with van der Waals surface area (Å²) in [6.07, 6.45) is 2.23. The molecule has 0 spiro atoms. The van der Waals surface area contributed by atoms with Crippen molar-refractivity contribution >= 4 is 0 Å². The quantitative estimate of drug-likeness (QED) is 0.921. The molecule has 3 heteroatoms. The van der Waals surface area contributed by atoms with E-state index in [1.807, 2.05) is 30.3 Å². The Bertz CT molecular complexity index is 620. The Hall–Kier alpha value is -1.87. The summed E-state index contributed by atoms with van der Waals surface area (Å²) in [4.78, 5) is 0. The monoisotopic (exact) mass is 286 g/mol. The van der Waals surface area contributed by atoms with Crippen LogP contribution in [-0.2, 0) is 5.41 Å². The molecule has 21 heavy (non-hydrogen) atoms. The van der Waals surface area contributed by atoms with E-state index < -0.39 is 11.9 Å². The van der Waals surface area contributed by atoms with Gasteiger partial charge in [-0.15, -0.1) is 0 Å². The van der Waals surface area contributed by atoms with Crippen LogP contribution in [0.15, 0.2) is 48.5 Å². The number of hydrogen-bond acceptors (Lipinski definition) is 2. The summed E-state index contributed by atoms with van der Waals surface area (Å²) in [6.45, 7) is 0. The van der Waals surface area contributed by atoms with E-state index in [1.165, 1.54) is 13.2 Å². The van der Waals surface area contributed by atoms with Gasteiger partial charge in [-0.2, -0.15) is 0 Å². The van der Waals surface area contributed by atoms with Gasteiger partial charge in [-0.05, 0) is 36.1 Å². The van der Waals surface area contributed by atoms with Crippen LogP contribution < -0.4 is 4.74 Å². The zero-order valence-corrected chi connectivity index (χ0v) is 12.1. The molecule has 3 rings (SSSR count). The molecule has 2 aromatic rings. The van der Waals surface area contributed by atoms with Crippen LogP contribution in [0.3, 0.4) is 0 Å². The first kappa shape index (κ1) is 14.1. The van der Waals surface area contributed by atoms with Gasteiger partial charge in [0.15, 0.2) is 11.6 Å². The molecule has 0 saturated heterocycles. The maximum atomic E-state index is 13.9. The normalized spacial score (nSPS) is 17.9. The van der Waals surface area contributed by atoms with Crippen molar-refractivity contribution in [3.05, 3.63) is 65.5 Å². The van der Waals surface area contributed by atoms with E-state index in [4.69, 9.17) is 4.74 Å². The molecule has 1 aliphatic rings. The lowest BCUT2D eigenvalue weighted by Gasteiger charge is -2.46. The van der Waals surface area contributed by atoms with Crippen molar-refractivity contribution in [3.8, 4) is 5.75 Å². The minimum absolute atomic E-state index is 0.202. The van der Waals surface area contributed by atoms with Gasteiger partial charge in [0.1, 0.15) is 0 Å². The second-order valence-corrected chi connectivity index (χ2v) is 5.67. The van der Waals surface area contributed by atoms with Gasteiger partial charge in [-0.25, -0.2) is 4.39 Å². The largest absolute Gasteiger partial charge is 0.494 e. The average molecular weight is 286 g/mol. The summed E-state index contributed by atoms with van der Waals surface area (Å²) in [5.41, 5.74) is 1.44. The first-order valence-corrected chi connectivity index (χ1v) is 7.24. The number of hydrogen-bond donors (Lipinski definition) is 1. The lowest BCUT2D eigenvalue weighted by molar-refractivity contribution is 0.0266. The Kier molecular flexibility index (Phi) is 3.68. The highest BCUT2D eigenvalue weighted by molar-refractivity contribution is 5.37. The van der Waals surface area contributed by atoms with E-state index in [2.05, 4.69) is 0 Å².